The van der Waals surface area contributed by atoms with Gasteiger partial charge >= 0.3 is 5.97 Å². The second kappa shape index (κ2) is 9.96. The van der Waals surface area contributed by atoms with E-state index < -0.39 is 17.7 Å². The number of hydrogen-bond donors (Lipinski definition) is 2. The predicted octanol–water partition coefficient (Wildman–Crippen LogP) is 6.41. The van der Waals surface area contributed by atoms with Gasteiger partial charge in [-0.3, -0.25) is 0 Å². The third kappa shape index (κ3) is 5.55. The van der Waals surface area contributed by atoms with Gasteiger partial charge in [-0.1, -0.05) is 45.3 Å². The molecule has 0 fully saturated rings. The molecule has 1 aromatic rings. The van der Waals surface area contributed by atoms with E-state index in [0.717, 1.165) is 30.4 Å². The number of carbonyl (C=O) groups is 1. The second-order valence-corrected chi connectivity index (χ2v) is 10.8. The van der Waals surface area contributed by atoms with Crippen LogP contribution >= 0.6 is 15.9 Å². The van der Waals surface area contributed by atoms with Crippen LogP contribution in [0.4, 0.5) is 0 Å². The van der Waals surface area contributed by atoms with E-state index in [1.54, 1.807) is 18.2 Å². The fraction of sp³-hybridized carbons (Fsp3) is 0.519. The van der Waals surface area contributed by atoms with Crippen molar-refractivity contribution in [3.8, 4) is 5.75 Å². The molecule has 0 spiro atoms. The van der Waals surface area contributed by atoms with Crippen LogP contribution in [-0.4, -0.2) is 32.7 Å². The maximum absolute atomic E-state index is 12.9. The minimum absolute atomic E-state index is 0.0904. The number of rotatable bonds is 1. The molecule has 0 unspecified atom stereocenters. The van der Waals surface area contributed by atoms with E-state index in [-0.39, 0.29) is 16.5 Å². The Balaban J connectivity index is 2.03. The summed E-state index contributed by atoms with van der Waals surface area (Å²) in [6.45, 7) is 12.0. The molecule has 0 saturated carbocycles. The molecule has 32 heavy (non-hydrogen) atoms. The van der Waals surface area contributed by atoms with Crippen molar-refractivity contribution in [2.75, 3.05) is 0 Å². The lowest BCUT2D eigenvalue weighted by molar-refractivity contribution is 0.0150. The largest absolute Gasteiger partial charge is 0.508 e. The minimum Gasteiger partial charge on any atom is -0.508 e. The molecule has 2 bridgehead atoms. The Hall–Kier alpha value is -1.85. The van der Waals surface area contributed by atoms with Crippen molar-refractivity contribution < 1.29 is 19.7 Å². The minimum atomic E-state index is -0.943. The molecule has 1 heterocycles. The predicted molar refractivity (Wildman–Crippen MR) is 132 cm³/mol. The quantitative estimate of drug-likeness (QED) is 0.264. The Kier molecular flexibility index (Phi) is 7.72. The van der Waals surface area contributed by atoms with E-state index in [2.05, 4.69) is 42.4 Å². The lowest BCUT2D eigenvalue weighted by Crippen LogP contribution is -2.37. The van der Waals surface area contributed by atoms with Crippen LogP contribution in [-0.2, 0) is 11.2 Å². The van der Waals surface area contributed by atoms with Gasteiger partial charge in [-0.05, 0) is 95.6 Å². The molecule has 2 aliphatic rings. The van der Waals surface area contributed by atoms with Gasteiger partial charge in [0.1, 0.15) is 11.9 Å². The van der Waals surface area contributed by atoms with Crippen LogP contribution in [0.3, 0.4) is 0 Å². The summed E-state index contributed by atoms with van der Waals surface area (Å²) >= 11 is 3.74. The van der Waals surface area contributed by atoms with Gasteiger partial charge < -0.3 is 14.9 Å². The van der Waals surface area contributed by atoms with Crippen LogP contribution in [0, 0.1) is 5.92 Å². The molecule has 4 nitrogen and oxygen atoms in total. The highest BCUT2D eigenvalue weighted by atomic mass is 79.9. The fourth-order valence-electron chi connectivity index (χ4n) is 4.70. The number of benzene rings is 1. The third-order valence-corrected chi connectivity index (χ3v) is 8.48. The summed E-state index contributed by atoms with van der Waals surface area (Å²) in [5.74, 6) is 0.00362. The molecule has 1 aromatic carbocycles. The van der Waals surface area contributed by atoms with Crippen molar-refractivity contribution in [3.05, 3.63) is 64.3 Å². The van der Waals surface area contributed by atoms with Crippen molar-refractivity contribution in [2.45, 2.75) is 82.8 Å². The summed E-state index contributed by atoms with van der Waals surface area (Å²) in [7, 11) is 0. The molecule has 3 rings (SSSR count). The lowest BCUT2D eigenvalue weighted by atomic mass is 9.76. The van der Waals surface area contributed by atoms with Gasteiger partial charge in [0.2, 0.25) is 0 Å². The van der Waals surface area contributed by atoms with Crippen LogP contribution in [0.15, 0.2) is 53.1 Å². The van der Waals surface area contributed by atoms with Gasteiger partial charge in [0.15, 0.2) is 0 Å². The molecule has 1 aliphatic carbocycles. The highest BCUT2D eigenvalue weighted by Gasteiger charge is 2.33. The Bertz CT molecular complexity index is 956. The zero-order chi connectivity index (χ0) is 23.6. The van der Waals surface area contributed by atoms with E-state index >= 15 is 0 Å². The van der Waals surface area contributed by atoms with Crippen LogP contribution in [0.2, 0.25) is 0 Å². The number of halogens is 1. The van der Waals surface area contributed by atoms with Crippen molar-refractivity contribution in [1.82, 2.24) is 0 Å². The van der Waals surface area contributed by atoms with E-state index in [1.807, 2.05) is 13.8 Å². The van der Waals surface area contributed by atoms with E-state index in [9.17, 15) is 15.0 Å². The number of hydrogen-bond acceptors (Lipinski definition) is 4. The molecule has 0 radical (unpaired) electrons. The summed E-state index contributed by atoms with van der Waals surface area (Å²) in [6, 6.07) is 4.93. The number of phenolic OH excluding ortho intramolecular Hbond substituents is 1. The third-order valence-electron chi connectivity index (χ3n) is 7.04. The SMILES string of the molecule is C=C(C)[C@@H]1CC[C@](C)(O)[C@H](Br)CC[C@H]2C(C)=CCC(C)=C2Cc2cc(ccc2O)C(=O)O1. The van der Waals surface area contributed by atoms with E-state index in [1.165, 1.54) is 16.7 Å². The number of aromatic hydroxyl groups is 1. The molecule has 0 saturated heterocycles. The van der Waals surface area contributed by atoms with Gasteiger partial charge in [-0.2, -0.15) is 0 Å². The van der Waals surface area contributed by atoms with Gasteiger partial charge in [-0.15, -0.1) is 0 Å². The Morgan fingerprint density at radius 3 is 2.66 bits per heavy atom. The Morgan fingerprint density at radius 2 is 1.97 bits per heavy atom. The molecule has 174 valence electrons. The summed E-state index contributed by atoms with van der Waals surface area (Å²) in [5, 5.41) is 21.7. The molecule has 0 amide bonds. The van der Waals surface area contributed by atoms with Gasteiger partial charge in [0.05, 0.1) is 11.2 Å². The Labute approximate surface area is 200 Å². The fourth-order valence-corrected chi connectivity index (χ4v) is 5.20. The maximum Gasteiger partial charge on any atom is 0.338 e. The monoisotopic (exact) mass is 502 g/mol. The molecular weight excluding hydrogens is 468 g/mol. The number of esters is 1. The molecule has 0 aromatic heterocycles. The first-order valence-electron chi connectivity index (χ1n) is 11.4. The average Bonchev–Trinajstić information content (AvgIpc) is 2.73. The number of phenols is 1. The second-order valence-electron chi connectivity index (χ2n) is 9.71. The van der Waals surface area contributed by atoms with E-state index in [4.69, 9.17) is 4.74 Å². The van der Waals surface area contributed by atoms with Crippen molar-refractivity contribution in [3.63, 3.8) is 0 Å². The normalized spacial score (nSPS) is 29.9. The number of aliphatic hydroxyl groups is 1. The zero-order valence-corrected chi connectivity index (χ0v) is 21.2. The first-order chi connectivity index (χ1) is 15.0. The van der Waals surface area contributed by atoms with Crippen molar-refractivity contribution in [1.29, 1.82) is 0 Å². The number of fused-ring (bicyclic) bond motifs is 3. The molecule has 5 heteroatoms. The Morgan fingerprint density at radius 1 is 1.25 bits per heavy atom. The number of cyclic esters (lactones) is 1. The van der Waals surface area contributed by atoms with Crippen LogP contribution < -0.4 is 0 Å². The van der Waals surface area contributed by atoms with Gasteiger partial charge in [0, 0.05) is 10.7 Å². The standard InChI is InChI=1S/C27H35BrO4/c1-16(2)24-12-13-27(5,31)25(28)11-9-21-17(3)6-7-18(4)22(21)15-20-14-19(26(30)32-24)8-10-23(20)29/h6,8,10,14,21,24-25,29,31H,1,7,9,11-13,15H2,2-5H3/t21-,24-,25+,27-/m0/s1. The summed E-state index contributed by atoms with van der Waals surface area (Å²) in [6.07, 6.45) is 5.98. The average molecular weight is 503 g/mol. The lowest BCUT2D eigenvalue weighted by Gasteiger charge is -2.33. The summed E-state index contributed by atoms with van der Waals surface area (Å²) in [5.41, 5.74) is 4.88. The van der Waals surface area contributed by atoms with Crippen LogP contribution in [0.1, 0.15) is 75.7 Å². The number of allylic oxidation sites excluding steroid dienone is 4. The summed E-state index contributed by atoms with van der Waals surface area (Å²) < 4.78 is 5.77. The topological polar surface area (TPSA) is 66.8 Å². The summed E-state index contributed by atoms with van der Waals surface area (Å²) in [4.78, 5) is 12.8. The maximum atomic E-state index is 12.9. The highest BCUT2D eigenvalue weighted by Crippen LogP contribution is 2.39. The number of ether oxygens (including phenoxy) is 1. The molecule has 2 N–H and O–H groups in total. The number of carbonyl (C=O) groups excluding carboxylic acids is 1. The van der Waals surface area contributed by atoms with Crippen LogP contribution in [0.5, 0.6) is 5.75 Å². The van der Waals surface area contributed by atoms with Crippen LogP contribution in [0.25, 0.3) is 0 Å². The number of alkyl halides is 1. The van der Waals surface area contributed by atoms with Gasteiger partial charge in [-0.25, -0.2) is 4.79 Å². The smallest absolute Gasteiger partial charge is 0.338 e. The van der Waals surface area contributed by atoms with Gasteiger partial charge in [0.25, 0.3) is 0 Å². The molecule has 1 aliphatic heterocycles. The van der Waals surface area contributed by atoms with Crippen molar-refractivity contribution >= 4 is 21.9 Å². The molecular formula is C27H35BrO4. The van der Waals surface area contributed by atoms with Crippen molar-refractivity contribution in [2.24, 2.45) is 5.92 Å². The molecule has 4 atom stereocenters. The zero-order valence-electron chi connectivity index (χ0n) is 19.6. The first kappa shape index (κ1) is 24.8. The van der Waals surface area contributed by atoms with E-state index in [0.29, 0.717) is 24.8 Å². The highest BCUT2D eigenvalue weighted by molar-refractivity contribution is 9.09. The first-order valence-corrected chi connectivity index (χ1v) is 12.3.